The third-order valence-corrected chi connectivity index (χ3v) is 4.20. The zero-order valence-electron chi connectivity index (χ0n) is 14.2. The lowest BCUT2D eigenvalue weighted by Crippen LogP contribution is -2.25. The Kier molecular flexibility index (Phi) is 4.99. The Morgan fingerprint density at radius 3 is 2.46 bits per heavy atom. The van der Waals surface area contributed by atoms with Crippen LogP contribution in [0.15, 0.2) is 42.7 Å². The number of carbonyl (C=O) groups is 1. The number of hydrogen-bond acceptors (Lipinski definition) is 4. The quantitative estimate of drug-likeness (QED) is 0.817. The zero-order valence-corrected chi connectivity index (χ0v) is 14.2. The minimum Gasteiger partial charge on any atom is -0.372 e. The van der Waals surface area contributed by atoms with Crippen LogP contribution in [0.5, 0.6) is 0 Å². The molecule has 24 heavy (non-hydrogen) atoms. The van der Waals surface area contributed by atoms with Crippen LogP contribution in [0.3, 0.4) is 0 Å². The van der Waals surface area contributed by atoms with Crippen LogP contribution >= 0.6 is 0 Å². The second kappa shape index (κ2) is 7.34. The fourth-order valence-electron chi connectivity index (χ4n) is 2.64. The number of hydrogen-bond donors (Lipinski definition) is 2. The molecule has 2 aromatic rings. The van der Waals surface area contributed by atoms with E-state index in [-0.39, 0.29) is 5.91 Å². The van der Waals surface area contributed by atoms with Crippen LogP contribution in [-0.2, 0) is 0 Å². The van der Waals surface area contributed by atoms with Gasteiger partial charge < -0.3 is 15.5 Å². The lowest BCUT2D eigenvalue weighted by molar-refractivity contribution is 0.0951. The SMILES string of the molecule is CCN(CC)c1ccc(Nc2cncc(C(=O)NC3CC3)c2)cc1. The van der Waals surface area contributed by atoms with Gasteiger partial charge in [0.15, 0.2) is 0 Å². The molecule has 0 unspecified atom stereocenters. The van der Waals surface area contributed by atoms with Crippen LogP contribution in [0.25, 0.3) is 0 Å². The van der Waals surface area contributed by atoms with E-state index in [0.717, 1.165) is 37.3 Å². The van der Waals surface area contributed by atoms with Crippen molar-refractivity contribution in [2.45, 2.75) is 32.7 Å². The molecular formula is C19H24N4O. The molecule has 0 bridgehead atoms. The number of nitrogens with zero attached hydrogens (tertiary/aromatic N) is 2. The molecular weight excluding hydrogens is 300 g/mol. The summed E-state index contributed by atoms with van der Waals surface area (Å²) in [6.07, 6.45) is 5.49. The molecule has 1 heterocycles. The van der Waals surface area contributed by atoms with Gasteiger partial charge in [-0.2, -0.15) is 0 Å². The van der Waals surface area contributed by atoms with Gasteiger partial charge in [-0.05, 0) is 57.0 Å². The van der Waals surface area contributed by atoms with Crippen LogP contribution in [0.4, 0.5) is 17.1 Å². The summed E-state index contributed by atoms with van der Waals surface area (Å²) in [7, 11) is 0. The van der Waals surface area contributed by atoms with E-state index in [0.29, 0.717) is 11.6 Å². The van der Waals surface area contributed by atoms with Crippen molar-refractivity contribution in [3.8, 4) is 0 Å². The van der Waals surface area contributed by atoms with E-state index in [1.807, 2.05) is 18.2 Å². The van der Waals surface area contributed by atoms with Crippen LogP contribution in [0.1, 0.15) is 37.0 Å². The van der Waals surface area contributed by atoms with Crippen molar-refractivity contribution in [2.75, 3.05) is 23.3 Å². The van der Waals surface area contributed by atoms with Crippen LogP contribution in [0, 0.1) is 0 Å². The summed E-state index contributed by atoms with van der Waals surface area (Å²) < 4.78 is 0. The molecule has 2 N–H and O–H groups in total. The average Bonchev–Trinajstić information content (AvgIpc) is 3.42. The number of amides is 1. The molecule has 0 spiro atoms. The Morgan fingerprint density at radius 1 is 1.12 bits per heavy atom. The molecule has 1 fully saturated rings. The fourth-order valence-corrected chi connectivity index (χ4v) is 2.64. The fraction of sp³-hybridized carbons (Fsp3) is 0.368. The van der Waals surface area contributed by atoms with E-state index in [1.54, 1.807) is 12.4 Å². The molecule has 1 aromatic carbocycles. The minimum absolute atomic E-state index is 0.0504. The van der Waals surface area contributed by atoms with E-state index >= 15 is 0 Å². The van der Waals surface area contributed by atoms with Gasteiger partial charge in [0.1, 0.15) is 0 Å². The molecule has 3 rings (SSSR count). The maximum absolute atomic E-state index is 12.1. The molecule has 1 aromatic heterocycles. The zero-order chi connectivity index (χ0) is 16.9. The van der Waals surface area contributed by atoms with E-state index < -0.39 is 0 Å². The molecule has 1 aliphatic carbocycles. The smallest absolute Gasteiger partial charge is 0.253 e. The second-order valence-corrected chi connectivity index (χ2v) is 6.05. The molecule has 0 saturated heterocycles. The van der Waals surface area contributed by atoms with Gasteiger partial charge in [-0.25, -0.2) is 0 Å². The number of pyridine rings is 1. The molecule has 5 nitrogen and oxygen atoms in total. The standard InChI is InChI=1S/C19H24N4O/c1-3-23(4-2)18-9-7-15(8-10-18)21-17-11-14(12-20-13-17)19(24)22-16-5-6-16/h7-13,16,21H,3-6H2,1-2H3,(H,22,24). The highest BCUT2D eigenvalue weighted by Gasteiger charge is 2.23. The Morgan fingerprint density at radius 2 is 1.83 bits per heavy atom. The number of nitrogens with one attached hydrogen (secondary N) is 2. The first-order valence-corrected chi connectivity index (χ1v) is 8.57. The van der Waals surface area contributed by atoms with Gasteiger partial charge >= 0.3 is 0 Å². The number of benzene rings is 1. The Hall–Kier alpha value is -2.56. The summed E-state index contributed by atoms with van der Waals surface area (Å²) in [4.78, 5) is 18.6. The number of aromatic nitrogens is 1. The first kappa shape index (κ1) is 16.3. The highest BCUT2D eigenvalue weighted by Crippen LogP contribution is 2.22. The highest BCUT2D eigenvalue weighted by atomic mass is 16.1. The third-order valence-electron chi connectivity index (χ3n) is 4.20. The van der Waals surface area contributed by atoms with Crippen molar-refractivity contribution >= 4 is 23.0 Å². The topological polar surface area (TPSA) is 57.3 Å². The van der Waals surface area contributed by atoms with Crippen molar-refractivity contribution in [2.24, 2.45) is 0 Å². The van der Waals surface area contributed by atoms with Gasteiger partial charge in [0.05, 0.1) is 17.4 Å². The van der Waals surface area contributed by atoms with E-state index in [9.17, 15) is 4.79 Å². The van der Waals surface area contributed by atoms with Gasteiger partial charge in [-0.3, -0.25) is 9.78 Å². The Labute approximate surface area is 143 Å². The molecule has 0 aliphatic heterocycles. The van der Waals surface area contributed by atoms with Gasteiger partial charge in [0.25, 0.3) is 5.91 Å². The number of anilines is 3. The van der Waals surface area contributed by atoms with Crippen molar-refractivity contribution in [1.29, 1.82) is 0 Å². The molecule has 1 amide bonds. The van der Waals surface area contributed by atoms with E-state index in [1.165, 1.54) is 5.69 Å². The molecule has 0 radical (unpaired) electrons. The van der Waals surface area contributed by atoms with E-state index in [4.69, 9.17) is 0 Å². The summed E-state index contributed by atoms with van der Waals surface area (Å²) >= 11 is 0. The largest absolute Gasteiger partial charge is 0.372 e. The molecule has 1 saturated carbocycles. The lowest BCUT2D eigenvalue weighted by atomic mass is 10.2. The summed E-state index contributed by atoms with van der Waals surface area (Å²) in [5.74, 6) is -0.0504. The molecule has 5 heteroatoms. The lowest BCUT2D eigenvalue weighted by Gasteiger charge is -2.21. The Balaban J connectivity index is 1.68. The monoisotopic (exact) mass is 324 g/mol. The number of rotatable bonds is 7. The van der Waals surface area contributed by atoms with Crippen LogP contribution in [0.2, 0.25) is 0 Å². The van der Waals surface area contributed by atoms with Gasteiger partial charge in [0.2, 0.25) is 0 Å². The van der Waals surface area contributed by atoms with Crippen LogP contribution < -0.4 is 15.5 Å². The summed E-state index contributed by atoms with van der Waals surface area (Å²) in [6.45, 7) is 6.29. The van der Waals surface area contributed by atoms with Crippen molar-refractivity contribution in [1.82, 2.24) is 10.3 Å². The first-order valence-electron chi connectivity index (χ1n) is 8.57. The summed E-state index contributed by atoms with van der Waals surface area (Å²) in [5.41, 5.74) is 3.59. The number of carbonyl (C=O) groups excluding carboxylic acids is 1. The average molecular weight is 324 g/mol. The first-order chi connectivity index (χ1) is 11.7. The van der Waals surface area contributed by atoms with Crippen molar-refractivity contribution in [3.63, 3.8) is 0 Å². The second-order valence-electron chi connectivity index (χ2n) is 6.05. The Bertz CT molecular complexity index is 691. The maximum atomic E-state index is 12.1. The molecule has 0 atom stereocenters. The third kappa shape index (κ3) is 4.04. The molecule has 1 aliphatic rings. The van der Waals surface area contributed by atoms with Crippen LogP contribution in [-0.4, -0.2) is 30.0 Å². The maximum Gasteiger partial charge on any atom is 0.253 e. The van der Waals surface area contributed by atoms with Gasteiger partial charge in [-0.1, -0.05) is 0 Å². The molecule has 126 valence electrons. The highest BCUT2D eigenvalue weighted by molar-refractivity contribution is 5.95. The van der Waals surface area contributed by atoms with Gasteiger partial charge in [-0.15, -0.1) is 0 Å². The predicted octanol–water partition coefficient (Wildman–Crippen LogP) is 3.56. The predicted molar refractivity (Wildman–Crippen MR) is 98.0 cm³/mol. The van der Waals surface area contributed by atoms with E-state index in [2.05, 4.69) is 46.5 Å². The summed E-state index contributed by atoms with van der Waals surface area (Å²) in [5, 5.41) is 6.29. The van der Waals surface area contributed by atoms with Crippen molar-refractivity contribution in [3.05, 3.63) is 48.3 Å². The normalized spacial score (nSPS) is 13.4. The summed E-state index contributed by atoms with van der Waals surface area (Å²) in [6, 6.07) is 10.5. The minimum atomic E-state index is -0.0504. The van der Waals surface area contributed by atoms with Gasteiger partial charge in [0, 0.05) is 36.7 Å². The van der Waals surface area contributed by atoms with Crippen molar-refractivity contribution < 1.29 is 4.79 Å².